The first-order chi connectivity index (χ1) is 15.0. The second-order valence-corrected chi connectivity index (χ2v) is 8.42. The maximum Gasteiger partial charge on any atom is 0.490 e. The SMILES string of the molecule is CN[C@@H]1CC[C@H](C(=O)c2ccc(CN3CCN(C)CC3)cc2)C[C@H]1O.O=C(O)C(F)(F)F. The Morgan fingerprint density at radius 3 is 2.12 bits per heavy atom. The van der Waals surface area contributed by atoms with Gasteiger partial charge in [-0.25, -0.2) is 4.79 Å². The third-order valence-corrected chi connectivity index (χ3v) is 6.04. The highest BCUT2D eigenvalue weighted by Crippen LogP contribution is 2.28. The fourth-order valence-electron chi connectivity index (χ4n) is 4.00. The van der Waals surface area contributed by atoms with Gasteiger partial charge in [-0.3, -0.25) is 9.69 Å². The van der Waals surface area contributed by atoms with E-state index in [0.717, 1.165) is 51.1 Å². The summed E-state index contributed by atoms with van der Waals surface area (Å²) >= 11 is 0. The summed E-state index contributed by atoms with van der Waals surface area (Å²) in [6, 6.07) is 8.21. The molecule has 1 aromatic rings. The largest absolute Gasteiger partial charge is 0.490 e. The fraction of sp³-hybridized carbons (Fsp3) is 0.636. The molecule has 0 spiro atoms. The molecule has 3 atom stereocenters. The molecule has 1 aliphatic heterocycles. The molecular formula is C22H32F3N3O4. The van der Waals surface area contributed by atoms with Crippen LogP contribution >= 0.6 is 0 Å². The van der Waals surface area contributed by atoms with Crippen molar-refractivity contribution in [3.05, 3.63) is 35.4 Å². The van der Waals surface area contributed by atoms with E-state index in [-0.39, 0.29) is 17.7 Å². The number of carbonyl (C=O) groups is 2. The average molecular weight is 460 g/mol. The molecule has 1 saturated carbocycles. The van der Waals surface area contributed by atoms with Crippen LogP contribution in [0.4, 0.5) is 13.2 Å². The molecule has 0 aromatic heterocycles. The highest BCUT2D eigenvalue weighted by molar-refractivity contribution is 5.98. The standard InChI is InChI=1S/C20H31N3O2.C2HF3O2/c1-21-18-8-7-17(13-19(18)24)20(25)16-5-3-15(4-6-16)14-23-11-9-22(2)10-12-23;3-2(4,5)1(6)7/h3-6,17-19,21,24H,7-14H2,1-2H3;(H,6,7)/t17-,18+,19+;/m0./s1. The van der Waals surface area contributed by atoms with Crippen LogP contribution in [0.15, 0.2) is 24.3 Å². The number of aliphatic hydroxyl groups excluding tert-OH is 1. The van der Waals surface area contributed by atoms with Gasteiger partial charge in [0, 0.05) is 50.2 Å². The van der Waals surface area contributed by atoms with E-state index in [2.05, 4.69) is 34.3 Å². The summed E-state index contributed by atoms with van der Waals surface area (Å²) in [5, 5.41) is 20.4. The van der Waals surface area contributed by atoms with Crippen molar-refractivity contribution in [2.75, 3.05) is 40.3 Å². The van der Waals surface area contributed by atoms with Crippen LogP contribution in [0.2, 0.25) is 0 Å². The summed E-state index contributed by atoms with van der Waals surface area (Å²) in [5.74, 6) is -2.63. The highest BCUT2D eigenvalue weighted by Gasteiger charge is 2.38. The number of piperazine rings is 1. The zero-order valence-electron chi connectivity index (χ0n) is 18.4. The summed E-state index contributed by atoms with van der Waals surface area (Å²) in [7, 11) is 4.04. The van der Waals surface area contributed by atoms with Crippen molar-refractivity contribution in [3.63, 3.8) is 0 Å². The van der Waals surface area contributed by atoms with Gasteiger partial charge in [0.25, 0.3) is 0 Å². The molecule has 180 valence electrons. The van der Waals surface area contributed by atoms with Crippen molar-refractivity contribution in [3.8, 4) is 0 Å². The van der Waals surface area contributed by atoms with Crippen LogP contribution in [0.1, 0.15) is 35.2 Å². The Kier molecular flexibility index (Phi) is 9.63. The minimum atomic E-state index is -5.08. The number of carboxylic acid groups (broad SMARTS) is 1. The third-order valence-electron chi connectivity index (χ3n) is 6.04. The summed E-state index contributed by atoms with van der Waals surface area (Å²) in [6.07, 6.45) is -3.24. The van der Waals surface area contributed by atoms with Crippen LogP contribution in [0.3, 0.4) is 0 Å². The van der Waals surface area contributed by atoms with Crippen molar-refractivity contribution in [2.45, 2.75) is 44.1 Å². The van der Waals surface area contributed by atoms with Crippen molar-refractivity contribution in [1.82, 2.24) is 15.1 Å². The molecule has 2 fully saturated rings. The van der Waals surface area contributed by atoms with Gasteiger partial charge in [-0.15, -0.1) is 0 Å². The summed E-state index contributed by atoms with van der Waals surface area (Å²) in [6.45, 7) is 5.39. The maximum atomic E-state index is 12.7. The number of aliphatic hydroxyl groups is 1. The number of nitrogens with one attached hydrogen (secondary N) is 1. The van der Waals surface area contributed by atoms with E-state index >= 15 is 0 Å². The zero-order chi connectivity index (χ0) is 23.9. The lowest BCUT2D eigenvalue weighted by atomic mass is 9.80. The first kappa shape index (κ1) is 26.2. The molecule has 2 aliphatic rings. The number of ketones is 1. The number of hydrogen-bond acceptors (Lipinski definition) is 6. The quantitative estimate of drug-likeness (QED) is 0.580. The Morgan fingerprint density at radius 1 is 1.09 bits per heavy atom. The summed E-state index contributed by atoms with van der Waals surface area (Å²) in [4.78, 5) is 26.4. The van der Waals surface area contributed by atoms with Crippen LogP contribution in [-0.2, 0) is 11.3 Å². The van der Waals surface area contributed by atoms with Crippen LogP contribution in [0.25, 0.3) is 0 Å². The van der Waals surface area contributed by atoms with Crippen LogP contribution in [0.5, 0.6) is 0 Å². The molecule has 1 heterocycles. The van der Waals surface area contributed by atoms with Gasteiger partial charge in [0.05, 0.1) is 6.10 Å². The molecule has 0 radical (unpaired) electrons. The molecular weight excluding hydrogens is 427 g/mol. The van der Waals surface area contributed by atoms with E-state index in [1.165, 1.54) is 5.56 Å². The molecule has 32 heavy (non-hydrogen) atoms. The first-order valence-electron chi connectivity index (χ1n) is 10.7. The van der Waals surface area contributed by atoms with E-state index in [4.69, 9.17) is 9.90 Å². The number of aliphatic carboxylic acids is 1. The number of nitrogens with zero attached hydrogens (tertiary/aromatic N) is 2. The molecule has 1 aromatic carbocycles. The predicted molar refractivity (Wildman–Crippen MR) is 113 cm³/mol. The van der Waals surface area contributed by atoms with E-state index in [1.807, 2.05) is 19.2 Å². The van der Waals surface area contributed by atoms with Crippen molar-refractivity contribution < 1.29 is 33.0 Å². The Bertz CT molecular complexity index is 750. The van der Waals surface area contributed by atoms with Gasteiger partial charge in [-0.2, -0.15) is 13.2 Å². The van der Waals surface area contributed by atoms with E-state index in [1.54, 1.807) is 0 Å². The topological polar surface area (TPSA) is 93.1 Å². The van der Waals surface area contributed by atoms with Crippen LogP contribution in [0, 0.1) is 5.92 Å². The van der Waals surface area contributed by atoms with Gasteiger partial charge >= 0.3 is 12.1 Å². The Labute approximate surface area is 186 Å². The lowest BCUT2D eigenvalue weighted by molar-refractivity contribution is -0.192. The van der Waals surface area contributed by atoms with Crippen LogP contribution < -0.4 is 5.32 Å². The molecule has 7 nitrogen and oxygen atoms in total. The Morgan fingerprint density at radius 2 is 1.66 bits per heavy atom. The van der Waals surface area contributed by atoms with E-state index in [0.29, 0.717) is 6.42 Å². The van der Waals surface area contributed by atoms with Gasteiger partial charge < -0.3 is 20.4 Å². The number of alkyl halides is 3. The number of carbonyl (C=O) groups excluding carboxylic acids is 1. The number of likely N-dealkylation sites (N-methyl/N-ethyl adjacent to an activating group) is 2. The average Bonchev–Trinajstić information content (AvgIpc) is 2.75. The van der Waals surface area contributed by atoms with Gasteiger partial charge in [0.1, 0.15) is 0 Å². The maximum absolute atomic E-state index is 12.7. The molecule has 1 saturated heterocycles. The molecule has 10 heteroatoms. The predicted octanol–water partition coefficient (Wildman–Crippen LogP) is 2.00. The number of benzene rings is 1. The second-order valence-electron chi connectivity index (χ2n) is 8.42. The lowest BCUT2D eigenvalue weighted by Gasteiger charge is -2.32. The number of rotatable bonds is 5. The fourth-order valence-corrected chi connectivity index (χ4v) is 4.00. The van der Waals surface area contributed by atoms with Gasteiger partial charge in [-0.05, 0) is 38.9 Å². The van der Waals surface area contributed by atoms with Gasteiger partial charge in [-0.1, -0.05) is 24.3 Å². The van der Waals surface area contributed by atoms with Gasteiger partial charge in [0.15, 0.2) is 5.78 Å². The number of Topliss-reactive ketones (excluding diaryl/α,β-unsaturated/α-hetero) is 1. The minimum Gasteiger partial charge on any atom is -0.475 e. The van der Waals surface area contributed by atoms with Crippen molar-refractivity contribution in [1.29, 1.82) is 0 Å². The Hall–Kier alpha value is -2.01. The molecule has 0 bridgehead atoms. The van der Waals surface area contributed by atoms with E-state index < -0.39 is 18.2 Å². The lowest BCUT2D eigenvalue weighted by Crippen LogP contribution is -2.44. The monoisotopic (exact) mass is 459 g/mol. The van der Waals surface area contributed by atoms with Crippen molar-refractivity contribution >= 4 is 11.8 Å². The van der Waals surface area contributed by atoms with Crippen molar-refractivity contribution in [2.24, 2.45) is 5.92 Å². The minimum absolute atomic E-state index is 0.0527. The Balaban J connectivity index is 0.000000451. The van der Waals surface area contributed by atoms with Crippen LogP contribution in [-0.4, -0.2) is 90.4 Å². The van der Waals surface area contributed by atoms with E-state index in [9.17, 15) is 23.1 Å². The summed E-state index contributed by atoms with van der Waals surface area (Å²) < 4.78 is 31.7. The zero-order valence-corrected chi connectivity index (χ0v) is 18.4. The molecule has 0 amide bonds. The number of hydrogen-bond donors (Lipinski definition) is 3. The molecule has 1 aliphatic carbocycles. The second kappa shape index (κ2) is 11.7. The molecule has 0 unspecified atom stereocenters. The normalized spacial score (nSPS) is 25.0. The number of halogens is 3. The summed E-state index contributed by atoms with van der Waals surface area (Å²) in [5.41, 5.74) is 2.04. The first-order valence-corrected chi connectivity index (χ1v) is 10.7. The number of carboxylic acids is 1. The third kappa shape index (κ3) is 7.84. The molecule has 3 N–H and O–H groups in total. The van der Waals surface area contributed by atoms with Gasteiger partial charge in [0.2, 0.25) is 0 Å². The molecule has 3 rings (SSSR count). The smallest absolute Gasteiger partial charge is 0.475 e. The highest BCUT2D eigenvalue weighted by atomic mass is 19.4.